The molecular weight excluding hydrogens is 250 g/mol. The standard InChI is InChI=1S/C16H27N3O/c1-5-20-15-11-13(7-8-14(15)17)19(4)12-16(18(2)3)9-6-10-16/h7-8,11H,5-6,9-10,12,17H2,1-4H3. The van der Waals surface area contributed by atoms with Crippen molar-refractivity contribution in [3.05, 3.63) is 18.2 Å². The minimum Gasteiger partial charge on any atom is -0.492 e. The van der Waals surface area contributed by atoms with Gasteiger partial charge in [0.2, 0.25) is 0 Å². The van der Waals surface area contributed by atoms with Gasteiger partial charge in [0.05, 0.1) is 12.3 Å². The fourth-order valence-corrected chi connectivity index (χ4v) is 2.91. The molecule has 2 N–H and O–H groups in total. The van der Waals surface area contributed by atoms with Crippen LogP contribution in [0.1, 0.15) is 26.2 Å². The van der Waals surface area contributed by atoms with E-state index in [1.54, 1.807) is 0 Å². The van der Waals surface area contributed by atoms with Gasteiger partial charge in [-0.2, -0.15) is 0 Å². The Kier molecular flexibility index (Phi) is 4.43. The van der Waals surface area contributed by atoms with Gasteiger partial charge in [0.15, 0.2) is 0 Å². The number of benzene rings is 1. The van der Waals surface area contributed by atoms with Gasteiger partial charge in [-0.25, -0.2) is 0 Å². The maximum absolute atomic E-state index is 5.94. The van der Waals surface area contributed by atoms with E-state index in [0.29, 0.717) is 17.8 Å². The average molecular weight is 277 g/mol. The van der Waals surface area contributed by atoms with Crippen molar-refractivity contribution in [2.45, 2.75) is 31.7 Å². The topological polar surface area (TPSA) is 41.7 Å². The maximum Gasteiger partial charge on any atom is 0.144 e. The lowest BCUT2D eigenvalue weighted by molar-refractivity contribution is 0.0683. The lowest BCUT2D eigenvalue weighted by atomic mass is 9.75. The van der Waals surface area contributed by atoms with Crippen molar-refractivity contribution in [3.63, 3.8) is 0 Å². The second-order valence-corrected chi connectivity index (χ2v) is 5.98. The summed E-state index contributed by atoms with van der Waals surface area (Å²) in [6, 6.07) is 6.04. The van der Waals surface area contributed by atoms with Gasteiger partial charge < -0.3 is 20.3 Å². The summed E-state index contributed by atoms with van der Waals surface area (Å²) < 4.78 is 5.58. The molecule has 0 heterocycles. The summed E-state index contributed by atoms with van der Waals surface area (Å²) in [7, 11) is 6.51. The first-order chi connectivity index (χ1) is 9.48. The molecular formula is C16H27N3O. The molecule has 20 heavy (non-hydrogen) atoms. The zero-order chi connectivity index (χ0) is 14.8. The van der Waals surface area contributed by atoms with E-state index in [1.165, 1.54) is 19.3 Å². The first kappa shape index (κ1) is 15.0. The second-order valence-electron chi connectivity index (χ2n) is 5.98. The van der Waals surface area contributed by atoms with Gasteiger partial charge >= 0.3 is 0 Å². The van der Waals surface area contributed by atoms with Crippen molar-refractivity contribution in [2.75, 3.05) is 44.9 Å². The molecule has 0 aliphatic heterocycles. The van der Waals surface area contributed by atoms with E-state index in [0.717, 1.165) is 18.0 Å². The Morgan fingerprint density at radius 1 is 1.25 bits per heavy atom. The third-order valence-electron chi connectivity index (χ3n) is 4.50. The number of hydrogen-bond acceptors (Lipinski definition) is 4. The molecule has 112 valence electrons. The van der Waals surface area contributed by atoms with E-state index in [9.17, 15) is 0 Å². The van der Waals surface area contributed by atoms with E-state index in [-0.39, 0.29) is 0 Å². The molecule has 0 saturated heterocycles. The van der Waals surface area contributed by atoms with Crippen LogP contribution in [0, 0.1) is 0 Å². The minimum atomic E-state index is 0.321. The molecule has 2 rings (SSSR count). The highest BCUT2D eigenvalue weighted by atomic mass is 16.5. The normalized spacial score (nSPS) is 16.9. The monoisotopic (exact) mass is 277 g/mol. The van der Waals surface area contributed by atoms with Crippen LogP contribution >= 0.6 is 0 Å². The average Bonchev–Trinajstić information content (AvgIpc) is 2.36. The van der Waals surface area contributed by atoms with E-state index in [2.05, 4.69) is 37.0 Å². The van der Waals surface area contributed by atoms with Gasteiger partial charge in [-0.15, -0.1) is 0 Å². The molecule has 0 amide bonds. The van der Waals surface area contributed by atoms with Crippen LogP contribution in [0.5, 0.6) is 5.75 Å². The predicted octanol–water partition coefficient (Wildman–Crippen LogP) is 2.59. The van der Waals surface area contributed by atoms with Crippen LogP contribution in [0.25, 0.3) is 0 Å². The summed E-state index contributed by atoms with van der Waals surface area (Å²) in [6.07, 6.45) is 3.88. The number of nitrogens with zero attached hydrogens (tertiary/aromatic N) is 2. The predicted molar refractivity (Wildman–Crippen MR) is 85.6 cm³/mol. The molecule has 1 aliphatic carbocycles. The van der Waals surface area contributed by atoms with Gasteiger partial charge in [0.25, 0.3) is 0 Å². The van der Waals surface area contributed by atoms with Crippen LogP contribution in [0.2, 0.25) is 0 Å². The van der Waals surface area contributed by atoms with Crippen molar-refractivity contribution in [1.82, 2.24) is 4.90 Å². The van der Waals surface area contributed by atoms with Crippen LogP contribution < -0.4 is 15.4 Å². The molecule has 1 fully saturated rings. The molecule has 1 aliphatic rings. The highest BCUT2D eigenvalue weighted by Crippen LogP contribution is 2.38. The molecule has 0 spiro atoms. The van der Waals surface area contributed by atoms with E-state index < -0.39 is 0 Å². The highest BCUT2D eigenvalue weighted by molar-refractivity contribution is 5.62. The molecule has 1 aromatic carbocycles. The quantitative estimate of drug-likeness (QED) is 0.812. The Bertz CT molecular complexity index is 455. The highest BCUT2D eigenvalue weighted by Gasteiger charge is 2.39. The van der Waals surface area contributed by atoms with Crippen molar-refractivity contribution in [1.29, 1.82) is 0 Å². The van der Waals surface area contributed by atoms with Crippen LogP contribution in [-0.4, -0.2) is 44.7 Å². The first-order valence-electron chi connectivity index (χ1n) is 7.39. The third kappa shape index (κ3) is 2.85. The number of hydrogen-bond donors (Lipinski definition) is 1. The lowest BCUT2D eigenvalue weighted by Crippen LogP contribution is -2.56. The number of rotatable bonds is 6. The van der Waals surface area contributed by atoms with Crippen LogP contribution in [0.4, 0.5) is 11.4 Å². The van der Waals surface area contributed by atoms with Crippen molar-refractivity contribution in [2.24, 2.45) is 0 Å². The first-order valence-corrected chi connectivity index (χ1v) is 7.39. The Morgan fingerprint density at radius 2 is 1.95 bits per heavy atom. The Labute approximate surface area is 122 Å². The van der Waals surface area contributed by atoms with Crippen molar-refractivity contribution in [3.8, 4) is 5.75 Å². The number of likely N-dealkylation sites (N-methyl/N-ethyl adjacent to an activating group) is 2. The fourth-order valence-electron chi connectivity index (χ4n) is 2.91. The summed E-state index contributed by atoms with van der Waals surface area (Å²) >= 11 is 0. The van der Waals surface area contributed by atoms with Crippen molar-refractivity contribution < 1.29 is 4.74 Å². The number of nitrogen functional groups attached to an aromatic ring is 1. The van der Waals surface area contributed by atoms with Crippen LogP contribution in [-0.2, 0) is 0 Å². The summed E-state index contributed by atoms with van der Waals surface area (Å²) in [6.45, 7) is 3.65. The molecule has 0 unspecified atom stereocenters. The van der Waals surface area contributed by atoms with Gasteiger partial charge in [0.1, 0.15) is 5.75 Å². The van der Waals surface area contributed by atoms with Gasteiger partial charge in [0, 0.05) is 30.9 Å². The Balaban J connectivity index is 2.12. The molecule has 1 aromatic rings. The van der Waals surface area contributed by atoms with Gasteiger partial charge in [-0.05, 0) is 52.4 Å². The molecule has 4 nitrogen and oxygen atoms in total. The molecule has 1 saturated carbocycles. The summed E-state index contributed by atoms with van der Waals surface area (Å²) in [5, 5.41) is 0. The number of nitrogens with two attached hydrogens (primary N) is 1. The van der Waals surface area contributed by atoms with Crippen LogP contribution in [0.15, 0.2) is 18.2 Å². The third-order valence-corrected chi connectivity index (χ3v) is 4.50. The van der Waals surface area contributed by atoms with E-state index >= 15 is 0 Å². The molecule has 0 atom stereocenters. The zero-order valence-electron chi connectivity index (χ0n) is 13.1. The minimum absolute atomic E-state index is 0.321. The Morgan fingerprint density at radius 3 is 2.45 bits per heavy atom. The second kappa shape index (κ2) is 5.92. The lowest BCUT2D eigenvalue weighted by Gasteiger charge is -2.49. The largest absolute Gasteiger partial charge is 0.492 e. The summed E-state index contributed by atoms with van der Waals surface area (Å²) in [5.74, 6) is 0.782. The molecule has 0 bridgehead atoms. The maximum atomic E-state index is 5.94. The summed E-state index contributed by atoms with van der Waals surface area (Å²) in [5.41, 5.74) is 8.12. The van der Waals surface area contributed by atoms with E-state index in [4.69, 9.17) is 10.5 Å². The van der Waals surface area contributed by atoms with Gasteiger partial charge in [-0.1, -0.05) is 0 Å². The number of anilines is 2. The molecule has 4 heteroatoms. The van der Waals surface area contributed by atoms with Crippen LogP contribution in [0.3, 0.4) is 0 Å². The smallest absolute Gasteiger partial charge is 0.144 e. The molecule has 0 radical (unpaired) electrons. The molecule has 0 aromatic heterocycles. The Hall–Kier alpha value is -1.42. The van der Waals surface area contributed by atoms with Crippen molar-refractivity contribution >= 4 is 11.4 Å². The van der Waals surface area contributed by atoms with Gasteiger partial charge in [-0.3, -0.25) is 0 Å². The fraction of sp³-hybridized carbons (Fsp3) is 0.625. The zero-order valence-corrected chi connectivity index (χ0v) is 13.1. The number of ether oxygens (including phenoxy) is 1. The SMILES string of the molecule is CCOc1cc(N(C)CC2(N(C)C)CCC2)ccc1N. The van der Waals surface area contributed by atoms with E-state index in [1.807, 2.05) is 19.1 Å². The summed E-state index contributed by atoms with van der Waals surface area (Å²) in [4.78, 5) is 4.68.